The van der Waals surface area contributed by atoms with Crippen molar-refractivity contribution in [3.8, 4) is 0 Å². The lowest BCUT2D eigenvalue weighted by atomic mass is 10.3. The van der Waals surface area contributed by atoms with Crippen molar-refractivity contribution in [2.24, 2.45) is 0 Å². The third-order valence-corrected chi connectivity index (χ3v) is 3.27. The van der Waals surface area contributed by atoms with Gasteiger partial charge in [-0.2, -0.15) is 0 Å². The van der Waals surface area contributed by atoms with Crippen LogP contribution < -0.4 is 5.32 Å². The zero-order chi connectivity index (χ0) is 9.68. The van der Waals surface area contributed by atoms with Crippen LogP contribution in [0.4, 0.5) is 0 Å². The molecule has 0 bridgehead atoms. The number of hydrogen-bond acceptors (Lipinski definition) is 4. The van der Waals surface area contributed by atoms with Gasteiger partial charge in [-0.3, -0.25) is 10.1 Å². The second-order valence-corrected chi connectivity index (χ2v) is 4.32. The van der Waals surface area contributed by atoms with Crippen molar-refractivity contribution >= 4 is 17.7 Å². The highest BCUT2D eigenvalue weighted by Crippen LogP contribution is 2.22. The molecule has 13 heavy (non-hydrogen) atoms. The molecule has 1 rings (SSSR count). The second kappa shape index (κ2) is 5.50. The minimum atomic E-state index is -0.103. The van der Waals surface area contributed by atoms with Crippen LogP contribution in [0, 0.1) is 0 Å². The largest absolute Gasteiger partial charge is 0.465 e. The smallest absolute Gasteiger partial charge is 0.324 e. The zero-order valence-electron chi connectivity index (χ0n) is 8.21. The van der Waals surface area contributed by atoms with Gasteiger partial charge in [-0.05, 0) is 13.3 Å². The molecule has 2 atom stereocenters. The maximum absolute atomic E-state index is 11.3. The maximum Gasteiger partial charge on any atom is 0.324 e. The summed E-state index contributed by atoms with van der Waals surface area (Å²) in [5.74, 6) is 0.748. The van der Waals surface area contributed by atoms with E-state index in [1.807, 2.05) is 18.7 Å². The third-order valence-electron chi connectivity index (χ3n) is 1.97. The van der Waals surface area contributed by atoms with E-state index < -0.39 is 0 Å². The first-order chi connectivity index (χ1) is 6.27. The van der Waals surface area contributed by atoms with Gasteiger partial charge in [-0.15, -0.1) is 11.8 Å². The number of ether oxygens (including phenoxy) is 1. The van der Waals surface area contributed by atoms with E-state index in [9.17, 15) is 4.79 Å². The number of rotatable bonds is 4. The molecule has 0 aromatic heterocycles. The molecule has 1 saturated heterocycles. The second-order valence-electron chi connectivity index (χ2n) is 3.08. The first kappa shape index (κ1) is 10.9. The van der Waals surface area contributed by atoms with Crippen LogP contribution in [-0.2, 0) is 9.53 Å². The summed E-state index contributed by atoms with van der Waals surface area (Å²) in [6.45, 7) is 4.46. The van der Waals surface area contributed by atoms with Crippen LogP contribution in [0.5, 0.6) is 0 Å². The van der Waals surface area contributed by atoms with Gasteiger partial charge < -0.3 is 4.74 Å². The highest BCUT2D eigenvalue weighted by molar-refractivity contribution is 8.00. The minimum absolute atomic E-state index is 0.0819. The van der Waals surface area contributed by atoms with Gasteiger partial charge in [0.15, 0.2) is 0 Å². The van der Waals surface area contributed by atoms with Gasteiger partial charge in [0.1, 0.15) is 6.04 Å². The van der Waals surface area contributed by atoms with Gasteiger partial charge in [0.05, 0.1) is 12.0 Å². The molecule has 0 aliphatic carbocycles. The fourth-order valence-electron chi connectivity index (χ4n) is 1.34. The Morgan fingerprint density at radius 2 is 2.38 bits per heavy atom. The average molecular weight is 203 g/mol. The van der Waals surface area contributed by atoms with Gasteiger partial charge >= 0.3 is 5.97 Å². The lowest BCUT2D eigenvalue weighted by Gasteiger charge is -2.11. The molecule has 1 N–H and O–H groups in total. The molecule has 1 fully saturated rings. The van der Waals surface area contributed by atoms with Crippen LogP contribution in [0.1, 0.15) is 26.7 Å². The van der Waals surface area contributed by atoms with Crippen molar-refractivity contribution in [1.82, 2.24) is 5.32 Å². The van der Waals surface area contributed by atoms with Crippen LogP contribution in [0.25, 0.3) is 0 Å². The highest BCUT2D eigenvalue weighted by Gasteiger charge is 2.29. The summed E-state index contributed by atoms with van der Waals surface area (Å²) in [7, 11) is 0. The number of nitrogens with one attached hydrogen (secondary N) is 1. The molecule has 0 saturated carbocycles. The Hall–Kier alpha value is -0.220. The van der Waals surface area contributed by atoms with E-state index in [0.717, 1.165) is 18.6 Å². The first-order valence-corrected chi connectivity index (χ1v) is 5.87. The first-order valence-electron chi connectivity index (χ1n) is 4.82. The fourth-order valence-corrected chi connectivity index (χ4v) is 2.66. The van der Waals surface area contributed by atoms with Crippen molar-refractivity contribution in [3.63, 3.8) is 0 Å². The Bertz CT molecular complexity index is 175. The fraction of sp³-hybridized carbons (Fsp3) is 0.889. The molecular weight excluding hydrogens is 186 g/mol. The van der Waals surface area contributed by atoms with Gasteiger partial charge in [-0.1, -0.05) is 13.3 Å². The maximum atomic E-state index is 11.3. The Labute approximate surface area is 83.6 Å². The van der Waals surface area contributed by atoms with E-state index >= 15 is 0 Å². The van der Waals surface area contributed by atoms with E-state index in [1.54, 1.807) is 0 Å². The molecule has 4 heteroatoms. The van der Waals surface area contributed by atoms with Gasteiger partial charge in [-0.25, -0.2) is 0 Å². The number of esters is 1. The Balaban J connectivity index is 2.27. The average Bonchev–Trinajstić information content (AvgIpc) is 2.54. The summed E-state index contributed by atoms with van der Waals surface area (Å²) in [4.78, 5) is 11.3. The molecule has 0 spiro atoms. The molecular formula is C9H17NO2S. The van der Waals surface area contributed by atoms with E-state index in [0.29, 0.717) is 12.0 Å². The molecule has 1 heterocycles. The monoisotopic (exact) mass is 203 g/mol. The van der Waals surface area contributed by atoms with Crippen LogP contribution in [0.2, 0.25) is 0 Å². The number of hydrogen-bond donors (Lipinski definition) is 1. The molecule has 1 aliphatic rings. The molecule has 0 unspecified atom stereocenters. The molecule has 3 nitrogen and oxygen atoms in total. The van der Waals surface area contributed by atoms with E-state index in [2.05, 4.69) is 12.2 Å². The van der Waals surface area contributed by atoms with Gasteiger partial charge in [0.2, 0.25) is 0 Å². The van der Waals surface area contributed by atoms with Crippen molar-refractivity contribution in [1.29, 1.82) is 0 Å². The highest BCUT2D eigenvalue weighted by atomic mass is 32.2. The summed E-state index contributed by atoms with van der Waals surface area (Å²) >= 11 is 1.82. The summed E-state index contributed by atoms with van der Waals surface area (Å²) in [5.41, 5.74) is 0. The topological polar surface area (TPSA) is 38.3 Å². The van der Waals surface area contributed by atoms with Gasteiger partial charge in [0, 0.05) is 5.75 Å². The predicted octanol–water partition coefficient (Wildman–Crippen LogP) is 1.38. The molecule has 76 valence electrons. The third kappa shape index (κ3) is 3.19. The Morgan fingerprint density at radius 3 is 3.00 bits per heavy atom. The SMILES string of the molecule is CCC[C@@H]1N[C@H](C(=O)OCC)CS1. The predicted molar refractivity (Wildman–Crippen MR) is 54.7 cm³/mol. The lowest BCUT2D eigenvalue weighted by Crippen LogP contribution is -2.37. The normalized spacial score (nSPS) is 27.5. The minimum Gasteiger partial charge on any atom is -0.465 e. The Morgan fingerprint density at radius 1 is 1.62 bits per heavy atom. The van der Waals surface area contributed by atoms with Crippen molar-refractivity contribution in [2.75, 3.05) is 12.4 Å². The van der Waals surface area contributed by atoms with Crippen LogP contribution in [0.3, 0.4) is 0 Å². The molecule has 1 aliphatic heterocycles. The van der Waals surface area contributed by atoms with E-state index in [1.165, 1.54) is 0 Å². The number of carbonyl (C=O) groups is 1. The lowest BCUT2D eigenvalue weighted by molar-refractivity contribution is -0.144. The molecule has 0 aromatic rings. The van der Waals surface area contributed by atoms with Crippen LogP contribution >= 0.6 is 11.8 Å². The summed E-state index contributed by atoms with van der Waals surface area (Å²) in [6.07, 6.45) is 2.28. The number of carbonyl (C=O) groups excluding carboxylic acids is 1. The quantitative estimate of drug-likeness (QED) is 0.701. The molecule has 0 radical (unpaired) electrons. The molecule has 0 aromatic carbocycles. The van der Waals surface area contributed by atoms with E-state index in [-0.39, 0.29) is 12.0 Å². The summed E-state index contributed by atoms with van der Waals surface area (Å²) < 4.78 is 4.94. The van der Waals surface area contributed by atoms with Crippen molar-refractivity contribution < 1.29 is 9.53 Å². The number of thioether (sulfide) groups is 1. The Kier molecular flexibility index (Phi) is 4.59. The standard InChI is InChI=1S/C9H17NO2S/c1-3-5-8-10-7(6-13-8)9(11)12-4-2/h7-8,10H,3-6H2,1-2H3/t7-,8+/m0/s1. The summed E-state index contributed by atoms with van der Waals surface area (Å²) in [6, 6.07) is -0.0819. The molecule has 0 amide bonds. The van der Waals surface area contributed by atoms with Crippen LogP contribution in [0.15, 0.2) is 0 Å². The van der Waals surface area contributed by atoms with Gasteiger partial charge in [0.25, 0.3) is 0 Å². The zero-order valence-corrected chi connectivity index (χ0v) is 9.02. The van der Waals surface area contributed by atoms with E-state index in [4.69, 9.17) is 4.74 Å². The van der Waals surface area contributed by atoms with Crippen molar-refractivity contribution in [3.05, 3.63) is 0 Å². The van der Waals surface area contributed by atoms with Crippen molar-refractivity contribution in [2.45, 2.75) is 38.1 Å². The van der Waals surface area contributed by atoms with Crippen LogP contribution in [-0.4, -0.2) is 29.7 Å². The summed E-state index contributed by atoms with van der Waals surface area (Å²) in [5, 5.41) is 3.71.